The summed E-state index contributed by atoms with van der Waals surface area (Å²) in [5.74, 6) is 1.07. The molecule has 0 radical (unpaired) electrons. The summed E-state index contributed by atoms with van der Waals surface area (Å²) >= 11 is 3.27. The summed E-state index contributed by atoms with van der Waals surface area (Å²) in [5, 5.41) is 9.34. The Morgan fingerprint density at radius 3 is 2.44 bits per heavy atom. The van der Waals surface area contributed by atoms with Gasteiger partial charge in [0, 0.05) is 29.7 Å². The number of piperidine rings is 1. The fraction of sp³-hybridized carbons (Fsp3) is 0.278. The van der Waals surface area contributed by atoms with Crippen molar-refractivity contribution < 1.29 is 12.8 Å². The molecule has 2 heterocycles. The largest absolute Gasteiger partial charge is 0.441 e. The minimum absolute atomic E-state index is 0.0753. The summed E-state index contributed by atoms with van der Waals surface area (Å²) in [4.78, 5) is 1.87. The Kier molecular flexibility index (Phi) is 5.30. The number of hydrogen-bond acceptors (Lipinski definition) is 5. The number of hydrogen-bond donors (Lipinski definition) is 0. The van der Waals surface area contributed by atoms with E-state index in [9.17, 15) is 13.7 Å². The van der Waals surface area contributed by atoms with Gasteiger partial charge in [0.1, 0.15) is 11.8 Å². The third-order valence-corrected chi connectivity index (χ3v) is 6.29. The summed E-state index contributed by atoms with van der Waals surface area (Å²) in [5.41, 5.74) is 0. The van der Waals surface area contributed by atoms with Crippen molar-refractivity contribution >= 4 is 37.7 Å². The molecular weight excluding hydrogens is 404 g/mol. The SMILES string of the molecule is N#C/C(=C\c1ccc(N2CCCCC2)o1)S(=O)(=O)c1ccc(Br)cc1. The van der Waals surface area contributed by atoms with Crippen LogP contribution >= 0.6 is 15.9 Å². The quantitative estimate of drug-likeness (QED) is 0.686. The molecule has 3 rings (SSSR count). The molecule has 1 aromatic heterocycles. The molecule has 0 unspecified atom stereocenters. The van der Waals surface area contributed by atoms with E-state index in [-0.39, 0.29) is 9.80 Å². The van der Waals surface area contributed by atoms with Crippen molar-refractivity contribution in [2.45, 2.75) is 24.2 Å². The maximum absolute atomic E-state index is 12.6. The molecule has 2 aromatic rings. The van der Waals surface area contributed by atoms with Crippen LogP contribution in [0.15, 0.2) is 55.1 Å². The van der Waals surface area contributed by atoms with E-state index in [4.69, 9.17) is 4.42 Å². The summed E-state index contributed by atoms with van der Waals surface area (Å²) in [6, 6.07) is 11.5. The second-order valence-electron chi connectivity index (χ2n) is 5.80. The molecular formula is C18H17BrN2O3S. The fourth-order valence-corrected chi connectivity index (χ4v) is 4.15. The van der Waals surface area contributed by atoms with Crippen molar-refractivity contribution in [3.8, 4) is 6.07 Å². The molecule has 130 valence electrons. The van der Waals surface area contributed by atoms with Crippen LogP contribution in [0.5, 0.6) is 0 Å². The van der Waals surface area contributed by atoms with Crippen molar-refractivity contribution in [3.63, 3.8) is 0 Å². The fourth-order valence-electron chi connectivity index (χ4n) is 2.74. The Labute approximate surface area is 155 Å². The molecule has 5 nitrogen and oxygen atoms in total. The molecule has 0 spiro atoms. The van der Waals surface area contributed by atoms with Gasteiger partial charge in [0.05, 0.1) is 4.90 Å². The number of anilines is 1. The Morgan fingerprint density at radius 1 is 1.12 bits per heavy atom. The lowest BCUT2D eigenvalue weighted by Crippen LogP contribution is -2.28. The predicted octanol–water partition coefficient (Wildman–Crippen LogP) is 4.37. The van der Waals surface area contributed by atoms with E-state index in [1.54, 1.807) is 24.3 Å². The van der Waals surface area contributed by atoms with Crippen LogP contribution in [0.1, 0.15) is 25.0 Å². The van der Waals surface area contributed by atoms with Crippen LogP contribution in [0.3, 0.4) is 0 Å². The maximum atomic E-state index is 12.6. The minimum Gasteiger partial charge on any atom is -0.441 e. The van der Waals surface area contributed by atoms with Gasteiger partial charge in [-0.3, -0.25) is 0 Å². The van der Waals surface area contributed by atoms with E-state index in [1.165, 1.54) is 24.6 Å². The molecule has 7 heteroatoms. The second kappa shape index (κ2) is 7.46. The highest BCUT2D eigenvalue weighted by Gasteiger charge is 2.22. The average Bonchev–Trinajstić information content (AvgIpc) is 3.09. The lowest BCUT2D eigenvalue weighted by atomic mass is 10.1. The Hall–Kier alpha value is -2.04. The first-order valence-corrected chi connectivity index (χ1v) is 10.3. The molecule has 1 saturated heterocycles. The molecule has 0 atom stereocenters. The van der Waals surface area contributed by atoms with Crippen molar-refractivity contribution in [1.29, 1.82) is 5.26 Å². The van der Waals surface area contributed by atoms with Crippen LogP contribution in [0.4, 0.5) is 5.88 Å². The standard InChI is InChI=1S/C18H17BrN2O3S/c19-14-4-7-16(8-5-14)25(22,23)17(13-20)12-15-6-9-18(24-15)21-10-2-1-3-11-21/h4-9,12H,1-3,10-11H2/b17-12+. The highest BCUT2D eigenvalue weighted by atomic mass is 79.9. The van der Waals surface area contributed by atoms with Crippen LogP contribution in [0.25, 0.3) is 6.08 Å². The van der Waals surface area contributed by atoms with Crippen molar-refractivity contribution in [2.24, 2.45) is 0 Å². The topological polar surface area (TPSA) is 74.3 Å². The number of benzene rings is 1. The molecule has 0 aliphatic carbocycles. The Bertz CT molecular complexity index is 918. The number of nitriles is 1. The van der Waals surface area contributed by atoms with Crippen LogP contribution in [-0.4, -0.2) is 21.5 Å². The van der Waals surface area contributed by atoms with E-state index in [0.717, 1.165) is 30.4 Å². The summed E-state index contributed by atoms with van der Waals surface area (Å²) in [6.45, 7) is 1.86. The number of rotatable bonds is 4. The summed E-state index contributed by atoms with van der Waals surface area (Å²) in [7, 11) is -3.88. The monoisotopic (exact) mass is 420 g/mol. The Morgan fingerprint density at radius 2 is 1.80 bits per heavy atom. The van der Waals surface area contributed by atoms with Gasteiger partial charge in [-0.25, -0.2) is 8.42 Å². The number of allylic oxidation sites excluding steroid dienone is 1. The molecule has 0 bridgehead atoms. The smallest absolute Gasteiger partial charge is 0.216 e. The first-order chi connectivity index (χ1) is 12.0. The van der Waals surface area contributed by atoms with E-state index in [2.05, 4.69) is 20.8 Å². The average molecular weight is 421 g/mol. The van der Waals surface area contributed by atoms with Gasteiger partial charge < -0.3 is 9.32 Å². The normalized spacial score (nSPS) is 15.8. The molecule has 0 amide bonds. The van der Waals surface area contributed by atoms with Gasteiger partial charge in [-0.1, -0.05) is 15.9 Å². The number of halogens is 1. The van der Waals surface area contributed by atoms with Crippen molar-refractivity contribution in [1.82, 2.24) is 0 Å². The second-order valence-corrected chi connectivity index (χ2v) is 8.64. The van der Waals surface area contributed by atoms with Gasteiger partial charge in [-0.05, 0) is 49.6 Å². The third-order valence-electron chi connectivity index (χ3n) is 4.08. The lowest BCUT2D eigenvalue weighted by Gasteiger charge is -2.25. The first kappa shape index (κ1) is 17.8. The predicted molar refractivity (Wildman–Crippen MR) is 99.7 cm³/mol. The molecule has 1 aliphatic heterocycles. The van der Waals surface area contributed by atoms with E-state index in [0.29, 0.717) is 11.6 Å². The van der Waals surface area contributed by atoms with Gasteiger partial charge in [-0.2, -0.15) is 5.26 Å². The number of nitrogens with zero attached hydrogens (tertiary/aromatic N) is 2. The van der Waals surface area contributed by atoms with E-state index < -0.39 is 9.84 Å². The summed E-state index contributed by atoms with van der Waals surface area (Å²) in [6.07, 6.45) is 4.74. The van der Waals surface area contributed by atoms with Crippen LogP contribution < -0.4 is 4.90 Å². The van der Waals surface area contributed by atoms with Crippen LogP contribution in [-0.2, 0) is 9.84 Å². The van der Waals surface area contributed by atoms with Gasteiger partial charge in [-0.15, -0.1) is 0 Å². The minimum atomic E-state index is -3.88. The number of furan rings is 1. The third kappa shape index (κ3) is 3.97. The van der Waals surface area contributed by atoms with Crippen LogP contribution in [0, 0.1) is 11.3 Å². The molecule has 1 aromatic carbocycles. The van der Waals surface area contributed by atoms with Gasteiger partial charge in [0.25, 0.3) is 0 Å². The molecule has 1 aliphatic rings. The Balaban J connectivity index is 1.89. The zero-order chi connectivity index (χ0) is 17.9. The van der Waals surface area contributed by atoms with Gasteiger partial charge in [0.2, 0.25) is 9.84 Å². The first-order valence-electron chi connectivity index (χ1n) is 7.98. The molecule has 0 saturated carbocycles. The summed E-state index contributed by atoms with van der Waals surface area (Å²) < 4.78 is 31.8. The van der Waals surface area contributed by atoms with E-state index >= 15 is 0 Å². The zero-order valence-electron chi connectivity index (χ0n) is 13.5. The highest BCUT2D eigenvalue weighted by Crippen LogP contribution is 2.26. The molecule has 0 N–H and O–H groups in total. The maximum Gasteiger partial charge on any atom is 0.216 e. The van der Waals surface area contributed by atoms with E-state index in [1.807, 2.05) is 6.07 Å². The van der Waals surface area contributed by atoms with Crippen molar-refractivity contribution in [2.75, 3.05) is 18.0 Å². The highest BCUT2D eigenvalue weighted by molar-refractivity contribution is 9.10. The molecule has 25 heavy (non-hydrogen) atoms. The van der Waals surface area contributed by atoms with Crippen LogP contribution in [0.2, 0.25) is 0 Å². The number of sulfone groups is 1. The zero-order valence-corrected chi connectivity index (χ0v) is 15.9. The molecule has 1 fully saturated rings. The lowest BCUT2D eigenvalue weighted by molar-refractivity contribution is 0.496. The van der Waals surface area contributed by atoms with Gasteiger partial charge in [0.15, 0.2) is 10.8 Å². The van der Waals surface area contributed by atoms with Crippen molar-refractivity contribution in [3.05, 3.63) is 51.5 Å². The van der Waals surface area contributed by atoms with Gasteiger partial charge >= 0.3 is 0 Å².